The molecule has 3 nitrogen and oxygen atoms in total. The Morgan fingerprint density at radius 3 is 2.17 bits per heavy atom. The smallest absolute Gasteiger partial charge is 0.119 e. The lowest BCUT2D eigenvalue weighted by Crippen LogP contribution is -2.53. The maximum atomic E-state index is 9.58. The second kappa shape index (κ2) is 4.98. The Morgan fingerprint density at radius 2 is 1.67 bits per heavy atom. The fourth-order valence-electron chi connectivity index (χ4n) is 2.38. The largest absolute Gasteiger partial charge is 0.508 e. The molecular formula is C14H21ClN2O. The van der Waals surface area contributed by atoms with Gasteiger partial charge < -0.3 is 10.0 Å². The Hall–Kier alpha value is -0.930. The van der Waals surface area contributed by atoms with Crippen molar-refractivity contribution in [3.63, 3.8) is 0 Å². The maximum absolute atomic E-state index is 9.58. The number of phenols is 1. The molecule has 1 aliphatic rings. The molecule has 0 amide bonds. The van der Waals surface area contributed by atoms with Crippen LogP contribution >= 0.6 is 11.6 Å². The highest BCUT2D eigenvalue weighted by molar-refractivity contribution is 6.31. The molecule has 1 N–H and O–H groups in total. The summed E-state index contributed by atoms with van der Waals surface area (Å²) in [7, 11) is 0. The first-order valence-electron chi connectivity index (χ1n) is 6.36. The van der Waals surface area contributed by atoms with Crippen molar-refractivity contribution in [3.05, 3.63) is 23.2 Å². The number of benzene rings is 1. The van der Waals surface area contributed by atoms with Gasteiger partial charge in [-0.05, 0) is 32.9 Å². The minimum absolute atomic E-state index is 0.225. The third-order valence-electron chi connectivity index (χ3n) is 3.46. The van der Waals surface area contributed by atoms with E-state index in [1.54, 1.807) is 12.1 Å². The van der Waals surface area contributed by atoms with Gasteiger partial charge in [0.2, 0.25) is 0 Å². The van der Waals surface area contributed by atoms with Crippen LogP contribution in [0.25, 0.3) is 0 Å². The molecule has 0 atom stereocenters. The molecule has 0 radical (unpaired) electrons. The summed E-state index contributed by atoms with van der Waals surface area (Å²) in [6.45, 7) is 10.7. The Labute approximate surface area is 114 Å². The van der Waals surface area contributed by atoms with Crippen molar-refractivity contribution >= 4 is 17.3 Å². The molecule has 100 valence electrons. The van der Waals surface area contributed by atoms with Crippen LogP contribution in [0.1, 0.15) is 20.8 Å². The second-order valence-electron chi connectivity index (χ2n) is 5.81. The van der Waals surface area contributed by atoms with Gasteiger partial charge in [0.05, 0.1) is 0 Å². The van der Waals surface area contributed by atoms with Crippen LogP contribution in [-0.2, 0) is 0 Å². The Kier molecular flexibility index (Phi) is 3.74. The zero-order valence-corrected chi connectivity index (χ0v) is 12.0. The quantitative estimate of drug-likeness (QED) is 0.848. The van der Waals surface area contributed by atoms with Crippen LogP contribution in [0.4, 0.5) is 5.69 Å². The van der Waals surface area contributed by atoms with Gasteiger partial charge in [0.25, 0.3) is 0 Å². The molecule has 0 saturated carbocycles. The summed E-state index contributed by atoms with van der Waals surface area (Å²) in [5.41, 5.74) is 1.23. The van der Waals surface area contributed by atoms with Crippen molar-refractivity contribution in [2.75, 3.05) is 31.1 Å². The van der Waals surface area contributed by atoms with E-state index in [4.69, 9.17) is 11.6 Å². The molecule has 1 aromatic rings. The molecule has 1 fully saturated rings. The Bertz CT molecular complexity index is 400. The first kappa shape index (κ1) is 13.5. The topological polar surface area (TPSA) is 26.7 Å². The van der Waals surface area contributed by atoms with Crippen molar-refractivity contribution < 1.29 is 5.11 Å². The number of nitrogens with zero attached hydrogens (tertiary/aromatic N) is 2. The number of piperazine rings is 1. The summed E-state index contributed by atoms with van der Waals surface area (Å²) in [4.78, 5) is 4.75. The monoisotopic (exact) mass is 268 g/mol. The normalized spacial score (nSPS) is 18.1. The molecule has 1 heterocycles. The van der Waals surface area contributed by atoms with E-state index >= 15 is 0 Å². The lowest BCUT2D eigenvalue weighted by molar-refractivity contribution is 0.128. The third kappa shape index (κ3) is 3.09. The van der Waals surface area contributed by atoms with E-state index < -0.39 is 0 Å². The van der Waals surface area contributed by atoms with Crippen molar-refractivity contribution in [3.8, 4) is 5.75 Å². The lowest BCUT2D eigenvalue weighted by atomic mass is 10.0. The summed E-state index contributed by atoms with van der Waals surface area (Å²) in [6, 6.07) is 5.25. The number of phenolic OH excluding ortho intramolecular Hbond substituents is 1. The molecule has 1 aliphatic heterocycles. The van der Waals surface area contributed by atoms with E-state index in [0.717, 1.165) is 31.9 Å². The van der Waals surface area contributed by atoms with Gasteiger partial charge in [0.1, 0.15) is 5.75 Å². The molecule has 18 heavy (non-hydrogen) atoms. The highest BCUT2D eigenvalue weighted by Crippen LogP contribution is 2.27. The van der Waals surface area contributed by atoms with Crippen LogP contribution in [-0.4, -0.2) is 41.7 Å². The summed E-state index contributed by atoms with van der Waals surface area (Å²) in [5.74, 6) is 0.232. The first-order valence-corrected chi connectivity index (χ1v) is 6.73. The maximum Gasteiger partial charge on any atom is 0.119 e. The number of aromatic hydroxyl groups is 1. The van der Waals surface area contributed by atoms with Gasteiger partial charge in [-0.1, -0.05) is 11.6 Å². The van der Waals surface area contributed by atoms with E-state index in [0.29, 0.717) is 5.02 Å². The highest BCUT2D eigenvalue weighted by atomic mass is 35.5. The van der Waals surface area contributed by atoms with Crippen LogP contribution in [0.15, 0.2) is 18.2 Å². The van der Waals surface area contributed by atoms with Crippen LogP contribution in [0, 0.1) is 0 Å². The average Bonchev–Trinajstić information content (AvgIpc) is 2.27. The fourth-order valence-corrected chi connectivity index (χ4v) is 2.60. The minimum Gasteiger partial charge on any atom is -0.508 e. The molecule has 0 bridgehead atoms. The van der Waals surface area contributed by atoms with Gasteiger partial charge in [-0.3, -0.25) is 4.90 Å². The van der Waals surface area contributed by atoms with Crippen molar-refractivity contribution in [2.24, 2.45) is 0 Å². The van der Waals surface area contributed by atoms with Crippen LogP contribution in [0.5, 0.6) is 5.75 Å². The average molecular weight is 269 g/mol. The fraction of sp³-hybridized carbons (Fsp3) is 0.571. The number of hydrogen-bond donors (Lipinski definition) is 1. The molecule has 1 saturated heterocycles. The van der Waals surface area contributed by atoms with Crippen molar-refractivity contribution in [1.82, 2.24) is 4.90 Å². The van der Waals surface area contributed by atoms with Crippen molar-refractivity contribution in [2.45, 2.75) is 26.3 Å². The second-order valence-corrected chi connectivity index (χ2v) is 6.25. The van der Waals surface area contributed by atoms with Gasteiger partial charge in [-0.25, -0.2) is 0 Å². The van der Waals surface area contributed by atoms with Crippen LogP contribution in [0.3, 0.4) is 0 Å². The summed E-state index contributed by atoms with van der Waals surface area (Å²) < 4.78 is 0. The molecule has 0 unspecified atom stereocenters. The lowest BCUT2D eigenvalue weighted by Gasteiger charge is -2.43. The summed E-state index contributed by atoms with van der Waals surface area (Å²) >= 11 is 5.97. The first-order chi connectivity index (χ1) is 8.36. The molecule has 2 rings (SSSR count). The Morgan fingerprint density at radius 1 is 1.06 bits per heavy atom. The van der Waals surface area contributed by atoms with E-state index in [1.165, 1.54) is 0 Å². The van der Waals surface area contributed by atoms with Gasteiger partial charge in [-0.2, -0.15) is 0 Å². The Balaban J connectivity index is 2.05. The summed E-state index contributed by atoms with van der Waals surface area (Å²) in [6.07, 6.45) is 0. The number of hydrogen-bond acceptors (Lipinski definition) is 3. The van der Waals surface area contributed by atoms with Gasteiger partial charge in [0.15, 0.2) is 0 Å². The number of halogens is 1. The zero-order valence-electron chi connectivity index (χ0n) is 11.3. The van der Waals surface area contributed by atoms with Gasteiger partial charge in [-0.15, -0.1) is 0 Å². The van der Waals surface area contributed by atoms with Gasteiger partial charge in [0, 0.05) is 48.5 Å². The molecule has 0 aliphatic carbocycles. The third-order valence-corrected chi connectivity index (χ3v) is 3.68. The standard InChI is InChI=1S/C14H21ClN2O/c1-14(2,3)17-6-4-16(5-7-17)12-8-11(15)9-13(18)10-12/h8-10,18H,4-7H2,1-3H3. The molecular weight excluding hydrogens is 248 g/mol. The SMILES string of the molecule is CC(C)(C)N1CCN(c2cc(O)cc(Cl)c2)CC1. The molecule has 0 aromatic heterocycles. The molecule has 0 spiro atoms. The molecule has 4 heteroatoms. The van der Waals surface area contributed by atoms with E-state index in [1.807, 2.05) is 6.07 Å². The zero-order chi connectivity index (χ0) is 13.3. The van der Waals surface area contributed by atoms with E-state index in [9.17, 15) is 5.11 Å². The minimum atomic E-state index is 0.225. The number of anilines is 1. The highest BCUT2D eigenvalue weighted by Gasteiger charge is 2.25. The van der Waals surface area contributed by atoms with Crippen LogP contribution < -0.4 is 4.90 Å². The summed E-state index contributed by atoms with van der Waals surface area (Å²) in [5, 5.41) is 10.2. The van der Waals surface area contributed by atoms with Crippen LogP contribution in [0.2, 0.25) is 5.02 Å². The van der Waals surface area contributed by atoms with Gasteiger partial charge >= 0.3 is 0 Å². The predicted octanol–water partition coefficient (Wildman–Crippen LogP) is 2.97. The van der Waals surface area contributed by atoms with Crippen molar-refractivity contribution in [1.29, 1.82) is 0 Å². The molecule has 1 aromatic carbocycles. The van der Waals surface area contributed by atoms with E-state index in [2.05, 4.69) is 30.6 Å². The number of rotatable bonds is 1. The predicted molar refractivity (Wildman–Crippen MR) is 76.7 cm³/mol. The van der Waals surface area contributed by atoms with E-state index in [-0.39, 0.29) is 11.3 Å².